The van der Waals surface area contributed by atoms with Gasteiger partial charge in [0.05, 0.1) is 25.3 Å². The summed E-state index contributed by atoms with van der Waals surface area (Å²) in [5.74, 6) is 1.58. The van der Waals surface area contributed by atoms with Gasteiger partial charge in [-0.15, -0.1) is 5.10 Å². The molecule has 1 heterocycles. The second kappa shape index (κ2) is 9.43. The third kappa shape index (κ3) is 5.26. The van der Waals surface area contributed by atoms with E-state index in [0.29, 0.717) is 27.5 Å². The van der Waals surface area contributed by atoms with Gasteiger partial charge in [0.15, 0.2) is 5.17 Å². The lowest BCUT2D eigenvalue weighted by Crippen LogP contribution is -2.19. The number of amidine groups is 1. The van der Waals surface area contributed by atoms with Gasteiger partial charge in [0.2, 0.25) is 0 Å². The van der Waals surface area contributed by atoms with Crippen LogP contribution < -0.4 is 14.8 Å². The first-order valence-corrected chi connectivity index (χ1v) is 9.95. The molecular weight excluding hydrogens is 386 g/mol. The second-order valence-electron chi connectivity index (χ2n) is 6.64. The van der Waals surface area contributed by atoms with E-state index in [1.165, 1.54) is 17.3 Å². The summed E-state index contributed by atoms with van der Waals surface area (Å²) in [6, 6.07) is 13.6. The minimum atomic E-state index is -0.219. The monoisotopic (exact) mass is 409 g/mol. The number of hydrogen-bond donors (Lipinski definition) is 1. The van der Waals surface area contributed by atoms with Crippen LogP contribution in [0.1, 0.15) is 36.5 Å². The summed E-state index contributed by atoms with van der Waals surface area (Å²) in [6.45, 7) is 4.31. The largest absolute Gasteiger partial charge is 0.497 e. The number of hydrogen-bond acceptors (Lipinski definition) is 6. The predicted molar refractivity (Wildman–Crippen MR) is 119 cm³/mol. The van der Waals surface area contributed by atoms with Gasteiger partial charge >= 0.3 is 0 Å². The molecule has 6 nitrogen and oxygen atoms in total. The molecule has 0 bridgehead atoms. The summed E-state index contributed by atoms with van der Waals surface area (Å²) in [4.78, 5) is 12.8. The summed E-state index contributed by atoms with van der Waals surface area (Å²) in [5.41, 5.74) is 3.00. The molecule has 0 radical (unpaired) electrons. The average molecular weight is 410 g/mol. The molecule has 1 N–H and O–H groups in total. The number of nitrogens with one attached hydrogen (secondary N) is 1. The van der Waals surface area contributed by atoms with Gasteiger partial charge in [-0.25, -0.2) is 0 Å². The average Bonchev–Trinajstić information content (AvgIpc) is 3.07. The number of carbonyl (C=O) groups excluding carboxylic acids is 1. The fourth-order valence-corrected chi connectivity index (χ4v) is 3.44. The zero-order valence-corrected chi connectivity index (χ0v) is 17.6. The van der Waals surface area contributed by atoms with Crippen LogP contribution in [0.15, 0.2) is 57.6 Å². The standard InChI is InChI=1S/C22H23N3O3S/c1-14(2)16-7-5-15(6-8-16)13-23-25-22-24-21(26)20(29-22)11-17-9-10-18(27-3)12-19(17)28-4/h5-14H,1-4H3,(H,24,25,26)/b20-11+,23-13+. The lowest BCUT2D eigenvalue weighted by molar-refractivity contribution is -0.115. The number of carbonyl (C=O) groups is 1. The zero-order valence-electron chi connectivity index (χ0n) is 16.8. The van der Waals surface area contributed by atoms with Crippen molar-refractivity contribution in [3.63, 3.8) is 0 Å². The van der Waals surface area contributed by atoms with Crippen LogP contribution in [0.5, 0.6) is 11.5 Å². The molecule has 0 saturated carbocycles. The third-order valence-electron chi connectivity index (χ3n) is 4.34. The zero-order chi connectivity index (χ0) is 20.8. The molecule has 150 valence electrons. The van der Waals surface area contributed by atoms with Crippen molar-refractivity contribution in [3.05, 3.63) is 64.1 Å². The van der Waals surface area contributed by atoms with Gasteiger partial charge in [-0.05, 0) is 47.0 Å². The smallest absolute Gasteiger partial charge is 0.264 e. The minimum absolute atomic E-state index is 0.219. The molecule has 3 rings (SSSR count). The lowest BCUT2D eigenvalue weighted by Gasteiger charge is -2.07. The highest BCUT2D eigenvalue weighted by Crippen LogP contribution is 2.31. The van der Waals surface area contributed by atoms with Crippen LogP contribution in [-0.4, -0.2) is 31.5 Å². The van der Waals surface area contributed by atoms with Crippen molar-refractivity contribution in [2.24, 2.45) is 10.2 Å². The van der Waals surface area contributed by atoms with Crippen molar-refractivity contribution in [2.75, 3.05) is 14.2 Å². The number of amides is 1. The molecule has 1 aliphatic heterocycles. The molecule has 0 spiro atoms. The van der Waals surface area contributed by atoms with Crippen molar-refractivity contribution in [1.82, 2.24) is 5.32 Å². The van der Waals surface area contributed by atoms with Crippen molar-refractivity contribution in [3.8, 4) is 11.5 Å². The Hall–Kier alpha value is -3.06. The number of nitrogens with zero attached hydrogens (tertiary/aromatic N) is 2. The topological polar surface area (TPSA) is 72.3 Å². The minimum Gasteiger partial charge on any atom is -0.497 e. The molecule has 29 heavy (non-hydrogen) atoms. The Labute approximate surface area is 174 Å². The number of rotatable bonds is 6. The third-order valence-corrected chi connectivity index (χ3v) is 5.24. The maximum absolute atomic E-state index is 12.2. The van der Waals surface area contributed by atoms with Crippen molar-refractivity contribution in [2.45, 2.75) is 19.8 Å². The van der Waals surface area contributed by atoms with E-state index in [4.69, 9.17) is 9.47 Å². The van der Waals surface area contributed by atoms with Crippen LogP contribution in [0.2, 0.25) is 0 Å². The molecule has 2 aromatic carbocycles. The molecule has 0 aliphatic carbocycles. The van der Waals surface area contributed by atoms with Gasteiger partial charge < -0.3 is 9.47 Å². The molecular formula is C22H23N3O3S. The Bertz CT molecular complexity index is 979. The second-order valence-corrected chi connectivity index (χ2v) is 7.67. The molecule has 0 atom stereocenters. The number of methoxy groups -OCH3 is 2. The van der Waals surface area contributed by atoms with E-state index in [9.17, 15) is 4.79 Å². The first-order valence-electron chi connectivity index (χ1n) is 9.14. The van der Waals surface area contributed by atoms with E-state index < -0.39 is 0 Å². The predicted octanol–water partition coefficient (Wildman–Crippen LogP) is 4.42. The fraction of sp³-hybridized carbons (Fsp3) is 0.227. The highest BCUT2D eigenvalue weighted by Gasteiger charge is 2.24. The molecule has 0 unspecified atom stereocenters. The van der Waals surface area contributed by atoms with Crippen LogP contribution in [0.25, 0.3) is 6.08 Å². The van der Waals surface area contributed by atoms with Crippen molar-refractivity contribution < 1.29 is 14.3 Å². The van der Waals surface area contributed by atoms with Gasteiger partial charge in [0, 0.05) is 11.6 Å². The van der Waals surface area contributed by atoms with Crippen LogP contribution >= 0.6 is 11.8 Å². The van der Waals surface area contributed by atoms with E-state index in [1.807, 2.05) is 24.3 Å². The van der Waals surface area contributed by atoms with Crippen LogP contribution in [0.3, 0.4) is 0 Å². The van der Waals surface area contributed by atoms with Crippen molar-refractivity contribution in [1.29, 1.82) is 0 Å². The SMILES string of the molecule is COc1ccc(/C=C2/S/C(=N/N=C/c3ccc(C(C)C)cc3)NC2=O)c(OC)c1. The quantitative estimate of drug-likeness (QED) is 0.435. The molecule has 1 aliphatic rings. The van der Waals surface area contributed by atoms with Crippen molar-refractivity contribution >= 4 is 35.1 Å². The molecule has 1 saturated heterocycles. The first kappa shape index (κ1) is 20.7. The molecule has 7 heteroatoms. The maximum atomic E-state index is 12.2. The highest BCUT2D eigenvalue weighted by atomic mass is 32.2. The molecule has 1 fully saturated rings. The van der Waals surface area contributed by atoms with Gasteiger partial charge in [0.1, 0.15) is 11.5 Å². The summed E-state index contributed by atoms with van der Waals surface area (Å²) >= 11 is 1.23. The summed E-state index contributed by atoms with van der Waals surface area (Å²) < 4.78 is 10.6. The molecule has 2 aromatic rings. The van der Waals surface area contributed by atoms with Gasteiger partial charge in [-0.2, -0.15) is 5.10 Å². The molecule has 1 amide bonds. The van der Waals surface area contributed by atoms with E-state index in [-0.39, 0.29) is 5.91 Å². The van der Waals surface area contributed by atoms with Gasteiger partial charge in [-0.3, -0.25) is 10.1 Å². The summed E-state index contributed by atoms with van der Waals surface area (Å²) in [7, 11) is 3.17. The van der Waals surface area contributed by atoms with Gasteiger partial charge in [0.25, 0.3) is 5.91 Å². The Balaban J connectivity index is 1.72. The Morgan fingerprint density at radius 2 is 1.83 bits per heavy atom. The van der Waals surface area contributed by atoms with E-state index in [0.717, 1.165) is 11.1 Å². The fourth-order valence-electron chi connectivity index (χ4n) is 2.67. The van der Waals surface area contributed by atoms with Crippen LogP contribution in [0, 0.1) is 0 Å². The van der Waals surface area contributed by atoms with E-state index in [1.54, 1.807) is 32.6 Å². The lowest BCUT2D eigenvalue weighted by atomic mass is 10.0. The normalized spacial score (nSPS) is 16.8. The number of ether oxygens (including phenoxy) is 2. The summed E-state index contributed by atoms with van der Waals surface area (Å²) in [6.07, 6.45) is 3.42. The van der Waals surface area contributed by atoms with E-state index in [2.05, 4.69) is 41.5 Å². The summed E-state index contributed by atoms with van der Waals surface area (Å²) in [5, 5.41) is 11.4. The Kier molecular flexibility index (Phi) is 6.72. The highest BCUT2D eigenvalue weighted by molar-refractivity contribution is 8.18. The van der Waals surface area contributed by atoms with E-state index >= 15 is 0 Å². The Morgan fingerprint density at radius 3 is 2.48 bits per heavy atom. The Morgan fingerprint density at radius 1 is 1.07 bits per heavy atom. The van der Waals surface area contributed by atoms with Crippen LogP contribution in [0.4, 0.5) is 0 Å². The molecule has 0 aromatic heterocycles. The number of thioether (sulfide) groups is 1. The number of benzene rings is 2. The van der Waals surface area contributed by atoms with Gasteiger partial charge in [-0.1, -0.05) is 38.1 Å². The maximum Gasteiger partial charge on any atom is 0.264 e. The van der Waals surface area contributed by atoms with Crippen LogP contribution in [-0.2, 0) is 4.79 Å². The first-order chi connectivity index (χ1) is 14.0.